The zero-order chi connectivity index (χ0) is 14.1. The molecule has 0 bridgehead atoms. The van der Waals surface area contributed by atoms with E-state index >= 15 is 0 Å². The van der Waals surface area contributed by atoms with E-state index in [0.29, 0.717) is 11.6 Å². The molecule has 8 nitrogen and oxygen atoms in total. The second-order valence-electron chi connectivity index (χ2n) is 4.66. The molecule has 0 aliphatic carbocycles. The summed E-state index contributed by atoms with van der Waals surface area (Å²) in [6.07, 6.45) is 1.06. The van der Waals surface area contributed by atoms with Gasteiger partial charge in [-0.25, -0.2) is 0 Å². The Morgan fingerprint density at radius 2 is 2.40 bits per heavy atom. The van der Waals surface area contributed by atoms with E-state index in [1.807, 2.05) is 0 Å². The van der Waals surface area contributed by atoms with Gasteiger partial charge in [-0.15, -0.1) is 0 Å². The van der Waals surface area contributed by atoms with E-state index < -0.39 is 18.1 Å². The van der Waals surface area contributed by atoms with Crippen LogP contribution < -0.4 is 0 Å². The van der Waals surface area contributed by atoms with Gasteiger partial charge in [0.15, 0.2) is 5.76 Å². The highest BCUT2D eigenvalue weighted by Gasteiger charge is 2.36. The van der Waals surface area contributed by atoms with Crippen molar-refractivity contribution in [3.8, 4) is 11.6 Å². The highest BCUT2D eigenvalue weighted by atomic mass is 16.5. The van der Waals surface area contributed by atoms with Gasteiger partial charge >= 0.3 is 5.97 Å². The van der Waals surface area contributed by atoms with E-state index in [-0.39, 0.29) is 25.4 Å². The number of carboxylic acid groups (broad SMARTS) is 1. The normalized spacial score (nSPS) is 23.2. The molecule has 1 saturated heterocycles. The molecule has 0 spiro atoms. The summed E-state index contributed by atoms with van der Waals surface area (Å²) in [5, 5.41) is 22.4. The predicted molar refractivity (Wildman–Crippen MR) is 64.5 cm³/mol. The van der Waals surface area contributed by atoms with Crippen LogP contribution in [-0.4, -0.2) is 49.9 Å². The second kappa shape index (κ2) is 5.06. The lowest BCUT2D eigenvalue weighted by molar-refractivity contribution is -0.142. The Balaban J connectivity index is 1.73. The number of β-amino-alcohol motifs (C(OH)–C–C–N with tert-alkyl or cyclic N) is 1. The van der Waals surface area contributed by atoms with Gasteiger partial charge in [0.25, 0.3) is 0 Å². The lowest BCUT2D eigenvalue weighted by atomic mass is 10.2. The van der Waals surface area contributed by atoms with Crippen molar-refractivity contribution in [3.63, 3.8) is 0 Å². The number of carbonyl (C=O) groups is 1. The van der Waals surface area contributed by atoms with Crippen molar-refractivity contribution < 1.29 is 23.9 Å². The fourth-order valence-corrected chi connectivity index (χ4v) is 2.31. The first-order valence-electron chi connectivity index (χ1n) is 6.15. The van der Waals surface area contributed by atoms with E-state index in [9.17, 15) is 9.90 Å². The van der Waals surface area contributed by atoms with E-state index in [4.69, 9.17) is 14.0 Å². The average molecular weight is 279 g/mol. The molecule has 2 N–H and O–H groups in total. The molecular formula is C12H13N3O5. The zero-order valence-corrected chi connectivity index (χ0v) is 10.5. The van der Waals surface area contributed by atoms with E-state index in [0.717, 1.165) is 0 Å². The van der Waals surface area contributed by atoms with Crippen LogP contribution in [0.5, 0.6) is 0 Å². The van der Waals surface area contributed by atoms with Gasteiger partial charge in [-0.1, -0.05) is 5.16 Å². The highest BCUT2D eigenvalue weighted by molar-refractivity contribution is 5.74. The Bertz CT molecular complexity index is 594. The number of hydrogen-bond acceptors (Lipinski definition) is 7. The van der Waals surface area contributed by atoms with Crippen molar-refractivity contribution in [1.82, 2.24) is 15.0 Å². The molecule has 0 aromatic carbocycles. The number of rotatable bonds is 4. The predicted octanol–water partition coefficient (Wildman–Crippen LogP) is 0.349. The summed E-state index contributed by atoms with van der Waals surface area (Å²) < 4.78 is 10.2. The molecule has 0 radical (unpaired) electrons. The van der Waals surface area contributed by atoms with Crippen molar-refractivity contribution in [2.24, 2.45) is 0 Å². The summed E-state index contributed by atoms with van der Waals surface area (Å²) in [4.78, 5) is 16.9. The van der Waals surface area contributed by atoms with Gasteiger partial charge in [0.05, 0.1) is 18.9 Å². The molecule has 2 unspecified atom stereocenters. The van der Waals surface area contributed by atoms with Crippen molar-refractivity contribution >= 4 is 5.97 Å². The van der Waals surface area contributed by atoms with E-state index in [1.165, 1.54) is 6.26 Å². The number of aliphatic hydroxyl groups is 1. The Morgan fingerprint density at radius 3 is 3.10 bits per heavy atom. The summed E-state index contributed by atoms with van der Waals surface area (Å²) >= 11 is 0. The highest BCUT2D eigenvalue weighted by Crippen LogP contribution is 2.22. The number of furan rings is 1. The Labute approximate surface area is 113 Å². The number of aromatic nitrogens is 2. The minimum Gasteiger partial charge on any atom is -0.480 e. The molecule has 1 aliphatic rings. The van der Waals surface area contributed by atoms with Crippen LogP contribution in [0, 0.1) is 0 Å². The maximum Gasteiger partial charge on any atom is 0.321 e. The number of likely N-dealkylation sites (tertiary alicyclic amines) is 1. The Kier molecular flexibility index (Phi) is 3.25. The summed E-state index contributed by atoms with van der Waals surface area (Å²) in [6, 6.07) is 2.68. The summed E-state index contributed by atoms with van der Waals surface area (Å²) in [6.45, 7) is 0.456. The van der Waals surface area contributed by atoms with E-state index in [1.54, 1.807) is 17.0 Å². The minimum atomic E-state index is -0.965. The molecule has 2 aromatic rings. The van der Waals surface area contributed by atoms with Crippen molar-refractivity contribution in [2.45, 2.75) is 25.1 Å². The fraction of sp³-hybridized carbons (Fsp3) is 0.417. The Morgan fingerprint density at radius 1 is 1.55 bits per heavy atom. The van der Waals surface area contributed by atoms with Crippen molar-refractivity contribution in [3.05, 3.63) is 24.3 Å². The van der Waals surface area contributed by atoms with Gasteiger partial charge in [-0.2, -0.15) is 4.98 Å². The van der Waals surface area contributed by atoms with Crippen LogP contribution in [0.25, 0.3) is 11.6 Å². The van der Waals surface area contributed by atoms with Gasteiger partial charge in [0, 0.05) is 13.0 Å². The Hall–Kier alpha value is -2.19. The lowest BCUT2D eigenvalue weighted by Crippen LogP contribution is -2.35. The topological polar surface area (TPSA) is 113 Å². The summed E-state index contributed by atoms with van der Waals surface area (Å²) in [5.41, 5.74) is 0. The molecule has 2 aromatic heterocycles. The first kappa shape index (κ1) is 12.8. The molecule has 1 aliphatic heterocycles. The smallest absolute Gasteiger partial charge is 0.321 e. The lowest BCUT2D eigenvalue weighted by Gasteiger charge is -2.17. The molecule has 3 rings (SSSR count). The molecule has 1 fully saturated rings. The third-order valence-electron chi connectivity index (χ3n) is 3.21. The average Bonchev–Trinajstić information content (AvgIpc) is 3.09. The maximum atomic E-state index is 11.1. The number of hydrogen-bond donors (Lipinski definition) is 2. The maximum absolute atomic E-state index is 11.1. The summed E-state index contributed by atoms with van der Waals surface area (Å²) in [5.74, 6) is 0.122. The molecule has 106 valence electrons. The van der Waals surface area contributed by atoms with Gasteiger partial charge in [0.1, 0.15) is 6.04 Å². The van der Waals surface area contributed by atoms with Crippen molar-refractivity contribution in [1.29, 1.82) is 0 Å². The molecular weight excluding hydrogens is 266 g/mol. The first-order chi connectivity index (χ1) is 9.63. The molecule has 3 heterocycles. The van der Waals surface area contributed by atoms with Crippen LogP contribution in [0.3, 0.4) is 0 Å². The largest absolute Gasteiger partial charge is 0.480 e. The van der Waals surface area contributed by atoms with Crippen LogP contribution in [0.1, 0.15) is 12.3 Å². The quantitative estimate of drug-likeness (QED) is 0.824. The van der Waals surface area contributed by atoms with Crippen LogP contribution in [-0.2, 0) is 11.3 Å². The van der Waals surface area contributed by atoms with Crippen LogP contribution in [0.2, 0.25) is 0 Å². The summed E-state index contributed by atoms with van der Waals surface area (Å²) in [7, 11) is 0. The van der Waals surface area contributed by atoms with Crippen LogP contribution in [0.15, 0.2) is 27.3 Å². The zero-order valence-electron chi connectivity index (χ0n) is 10.5. The molecule has 0 amide bonds. The van der Waals surface area contributed by atoms with E-state index in [2.05, 4.69) is 10.1 Å². The van der Waals surface area contributed by atoms with Gasteiger partial charge < -0.3 is 19.2 Å². The van der Waals surface area contributed by atoms with Gasteiger partial charge in [-0.3, -0.25) is 9.69 Å². The van der Waals surface area contributed by atoms with Crippen LogP contribution in [0.4, 0.5) is 0 Å². The molecule has 0 saturated carbocycles. The van der Waals surface area contributed by atoms with Crippen LogP contribution >= 0.6 is 0 Å². The minimum absolute atomic E-state index is 0.182. The number of carboxylic acids is 1. The SMILES string of the molecule is O=C(O)C1CC(O)CN1Cc1nc(-c2ccco2)no1. The monoisotopic (exact) mass is 279 g/mol. The molecule has 8 heteroatoms. The number of aliphatic carboxylic acids is 1. The second-order valence-corrected chi connectivity index (χ2v) is 4.66. The number of nitrogens with zero attached hydrogens (tertiary/aromatic N) is 3. The fourth-order valence-electron chi connectivity index (χ4n) is 2.31. The number of aliphatic hydroxyl groups excluding tert-OH is 1. The standard InChI is InChI=1S/C12H13N3O5/c16-7-4-8(12(17)18)15(5-7)6-10-13-11(14-20-10)9-2-1-3-19-9/h1-3,7-8,16H,4-6H2,(H,17,18). The molecule has 2 atom stereocenters. The first-order valence-corrected chi connectivity index (χ1v) is 6.15. The third-order valence-corrected chi connectivity index (χ3v) is 3.21. The molecule has 20 heavy (non-hydrogen) atoms. The van der Waals surface area contributed by atoms with Crippen molar-refractivity contribution in [2.75, 3.05) is 6.54 Å². The van der Waals surface area contributed by atoms with Gasteiger partial charge in [-0.05, 0) is 12.1 Å². The third kappa shape index (κ3) is 2.43. The van der Waals surface area contributed by atoms with Gasteiger partial charge in [0.2, 0.25) is 11.7 Å².